The molecule has 2 aromatic rings. The van der Waals surface area contributed by atoms with Gasteiger partial charge in [0.25, 0.3) is 5.91 Å². The first kappa shape index (κ1) is 15.9. The Hall–Kier alpha value is -2.63. The zero-order valence-electron chi connectivity index (χ0n) is 15.3. The van der Waals surface area contributed by atoms with Gasteiger partial charge in [-0.3, -0.25) is 14.6 Å². The predicted molar refractivity (Wildman–Crippen MR) is 98.1 cm³/mol. The second kappa shape index (κ2) is 5.18. The van der Waals surface area contributed by atoms with E-state index in [1.807, 2.05) is 29.7 Å². The molecular formula is C19H23N5O. The Morgan fingerprint density at radius 3 is 2.56 bits per heavy atom. The van der Waals surface area contributed by atoms with E-state index in [4.69, 9.17) is 9.98 Å². The summed E-state index contributed by atoms with van der Waals surface area (Å²) in [4.78, 5) is 26.3. The second-order valence-corrected chi connectivity index (χ2v) is 7.38. The molecule has 0 saturated carbocycles. The highest BCUT2D eigenvalue weighted by molar-refractivity contribution is 6.18. The van der Waals surface area contributed by atoms with E-state index < -0.39 is 0 Å². The van der Waals surface area contributed by atoms with Crippen molar-refractivity contribution >= 4 is 17.7 Å². The molecule has 0 radical (unpaired) electrons. The molecule has 3 heterocycles. The lowest BCUT2D eigenvalue weighted by Crippen LogP contribution is -2.52. The zero-order chi connectivity index (χ0) is 17.9. The lowest BCUT2D eigenvalue weighted by Gasteiger charge is -2.35. The van der Waals surface area contributed by atoms with Gasteiger partial charge in [-0.1, -0.05) is 30.3 Å². The molecule has 25 heavy (non-hydrogen) atoms. The maximum absolute atomic E-state index is 13.1. The molecule has 0 saturated heterocycles. The molecule has 6 heteroatoms. The van der Waals surface area contributed by atoms with Crippen LogP contribution in [-0.2, 0) is 6.54 Å². The van der Waals surface area contributed by atoms with Crippen molar-refractivity contribution in [3.63, 3.8) is 0 Å². The third-order valence-electron chi connectivity index (χ3n) is 5.37. The van der Waals surface area contributed by atoms with Crippen LogP contribution in [0.3, 0.4) is 0 Å². The fraction of sp³-hybridized carbons (Fsp3) is 0.421. The van der Waals surface area contributed by atoms with Crippen molar-refractivity contribution in [2.24, 2.45) is 4.99 Å². The van der Waals surface area contributed by atoms with Gasteiger partial charge in [0, 0.05) is 13.6 Å². The largest absolute Gasteiger partial charge is 0.318 e. The Morgan fingerprint density at radius 2 is 1.88 bits per heavy atom. The van der Waals surface area contributed by atoms with Gasteiger partial charge in [0.2, 0.25) is 5.96 Å². The Labute approximate surface area is 147 Å². The molecule has 1 aromatic carbocycles. The Bertz CT molecular complexity index is 881. The van der Waals surface area contributed by atoms with Gasteiger partial charge in [0.15, 0.2) is 11.5 Å². The molecule has 6 nitrogen and oxygen atoms in total. The van der Waals surface area contributed by atoms with Crippen molar-refractivity contribution in [3.05, 3.63) is 47.4 Å². The van der Waals surface area contributed by atoms with Crippen LogP contribution >= 0.6 is 0 Å². The van der Waals surface area contributed by atoms with E-state index in [-0.39, 0.29) is 17.5 Å². The molecule has 0 spiro atoms. The SMILES string of the molecule is Cc1nc2c(n1Cc1ccccc1)C(=O)N(C)C1=NC(C)(C)[C@H](C)N12. The molecule has 1 aromatic heterocycles. The first-order chi connectivity index (χ1) is 11.8. The standard InChI is InChI=1S/C19H23N5O/c1-12-19(3,4)21-18-22(5)17(25)15-16(24(12)18)20-13(2)23(15)11-14-9-7-6-8-10-14/h6-10,12H,11H2,1-5H3/t12-/m0/s1. The minimum Gasteiger partial charge on any atom is -0.318 e. The van der Waals surface area contributed by atoms with Gasteiger partial charge < -0.3 is 4.57 Å². The number of aryl methyl sites for hydroxylation is 1. The Kier molecular flexibility index (Phi) is 3.29. The van der Waals surface area contributed by atoms with E-state index in [2.05, 4.69) is 37.8 Å². The number of nitrogens with zero attached hydrogens (tertiary/aromatic N) is 5. The van der Waals surface area contributed by atoms with Crippen LogP contribution in [0.1, 0.15) is 42.6 Å². The third kappa shape index (κ3) is 2.20. The van der Waals surface area contributed by atoms with E-state index in [1.165, 1.54) is 0 Å². The summed E-state index contributed by atoms with van der Waals surface area (Å²) in [5.41, 5.74) is 1.53. The summed E-state index contributed by atoms with van der Waals surface area (Å²) in [6.45, 7) is 8.91. The molecule has 0 N–H and O–H groups in total. The first-order valence-corrected chi connectivity index (χ1v) is 8.59. The summed E-state index contributed by atoms with van der Waals surface area (Å²) in [7, 11) is 1.79. The van der Waals surface area contributed by atoms with Crippen LogP contribution in [0.2, 0.25) is 0 Å². The third-order valence-corrected chi connectivity index (χ3v) is 5.37. The quantitative estimate of drug-likeness (QED) is 0.846. The number of rotatable bonds is 2. The van der Waals surface area contributed by atoms with Gasteiger partial charge in [-0.05, 0) is 33.3 Å². The van der Waals surface area contributed by atoms with Crippen molar-refractivity contribution in [1.82, 2.24) is 14.5 Å². The lowest BCUT2D eigenvalue weighted by molar-refractivity contribution is 0.0855. The minimum atomic E-state index is -0.261. The Morgan fingerprint density at radius 1 is 1.20 bits per heavy atom. The number of fused-ring (bicyclic) bond motifs is 3. The highest BCUT2D eigenvalue weighted by Gasteiger charge is 2.48. The molecular weight excluding hydrogens is 314 g/mol. The molecule has 2 aliphatic heterocycles. The number of carbonyl (C=O) groups is 1. The van der Waals surface area contributed by atoms with Crippen molar-refractivity contribution in [1.29, 1.82) is 0 Å². The van der Waals surface area contributed by atoms with Gasteiger partial charge in [-0.2, -0.15) is 0 Å². The number of carbonyl (C=O) groups excluding carboxylic acids is 1. The number of amides is 1. The van der Waals surface area contributed by atoms with Crippen LogP contribution in [0.15, 0.2) is 35.3 Å². The summed E-state index contributed by atoms with van der Waals surface area (Å²) in [6.07, 6.45) is 0. The molecule has 2 aliphatic rings. The second-order valence-electron chi connectivity index (χ2n) is 7.38. The normalized spacial score (nSPS) is 21.2. The highest BCUT2D eigenvalue weighted by Crippen LogP contribution is 2.38. The number of imidazole rings is 1. The lowest BCUT2D eigenvalue weighted by atomic mass is 9.97. The predicted octanol–water partition coefficient (Wildman–Crippen LogP) is 2.67. The van der Waals surface area contributed by atoms with Gasteiger partial charge in [0.1, 0.15) is 5.82 Å². The average molecular weight is 337 g/mol. The van der Waals surface area contributed by atoms with Crippen molar-refractivity contribution in [2.75, 3.05) is 11.9 Å². The molecule has 0 aliphatic carbocycles. The van der Waals surface area contributed by atoms with E-state index in [1.54, 1.807) is 11.9 Å². The smallest absolute Gasteiger partial charge is 0.280 e. The van der Waals surface area contributed by atoms with Gasteiger partial charge in [-0.25, -0.2) is 9.98 Å². The van der Waals surface area contributed by atoms with Crippen LogP contribution in [0, 0.1) is 6.92 Å². The molecule has 130 valence electrons. The summed E-state index contributed by atoms with van der Waals surface area (Å²) >= 11 is 0. The monoisotopic (exact) mass is 337 g/mol. The van der Waals surface area contributed by atoms with E-state index in [0.29, 0.717) is 18.2 Å². The van der Waals surface area contributed by atoms with E-state index in [0.717, 1.165) is 17.2 Å². The van der Waals surface area contributed by atoms with Crippen LogP contribution in [0.4, 0.5) is 5.82 Å². The van der Waals surface area contributed by atoms with Crippen LogP contribution in [0.5, 0.6) is 0 Å². The van der Waals surface area contributed by atoms with Gasteiger partial charge >= 0.3 is 0 Å². The fourth-order valence-corrected chi connectivity index (χ4v) is 3.55. The maximum atomic E-state index is 13.1. The van der Waals surface area contributed by atoms with Crippen molar-refractivity contribution in [3.8, 4) is 0 Å². The number of guanidine groups is 1. The highest BCUT2D eigenvalue weighted by atomic mass is 16.2. The van der Waals surface area contributed by atoms with Crippen LogP contribution in [0.25, 0.3) is 0 Å². The minimum absolute atomic E-state index is 0.0496. The molecule has 0 unspecified atom stereocenters. The number of hydrogen-bond acceptors (Lipinski definition) is 4. The molecule has 0 fully saturated rings. The number of benzene rings is 1. The van der Waals surface area contributed by atoms with E-state index in [9.17, 15) is 4.79 Å². The van der Waals surface area contributed by atoms with Crippen molar-refractivity contribution in [2.45, 2.75) is 45.8 Å². The summed E-state index contributed by atoms with van der Waals surface area (Å²) in [5.74, 6) is 2.22. The van der Waals surface area contributed by atoms with Crippen LogP contribution in [-0.4, -0.2) is 44.9 Å². The van der Waals surface area contributed by atoms with Crippen molar-refractivity contribution < 1.29 is 4.79 Å². The number of aromatic nitrogens is 2. The average Bonchev–Trinajstić information content (AvgIpc) is 3.01. The summed E-state index contributed by atoms with van der Waals surface area (Å²) in [5, 5.41) is 0. The first-order valence-electron chi connectivity index (χ1n) is 8.59. The fourth-order valence-electron chi connectivity index (χ4n) is 3.55. The maximum Gasteiger partial charge on any atom is 0.280 e. The molecule has 4 rings (SSSR count). The number of hydrogen-bond donors (Lipinski definition) is 0. The van der Waals surface area contributed by atoms with Crippen LogP contribution < -0.4 is 4.90 Å². The zero-order valence-corrected chi connectivity index (χ0v) is 15.3. The molecule has 1 amide bonds. The van der Waals surface area contributed by atoms with Gasteiger partial charge in [-0.15, -0.1) is 0 Å². The Balaban J connectivity index is 1.85. The molecule has 0 bridgehead atoms. The van der Waals surface area contributed by atoms with E-state index >= 15 is 0 Å². The topological polar surface area (TPSA) is 53.7 Å². The number of aliphatic imine (C=N–C) groups is 1. The molecule has 1 atom stereocenters. The van der Waals surface area contributed by atoms with Gasteiger partial charge in [0.05, 0.1) is 11.6 Å². The number of anilines is 1. The summed E-state index contributed by atoms with van der Waals surface area (Å²) < 4.78 is 2.01. The summed E-state index contributed by atoms with van der Waals surface area (Å²) in [6, 6.07) is 10.3.